The number of imide groups is 1. The Bertz CT molecular complexity index is 1190. The highest BCUT2D eigenvalue weighted by Gasteiger charge is 2.44. The van der Waals surface area contributed by atoms with Crippen molar-refractivity contribution in [2.75, 3.05) is 18.1 Å². The van der Waals surface area contributed by atoms with Gasteiger partial charge in [0.05, 0.1) is 12.1 Å². The van der Waals surface area contributed by atoms with E-state index in [9.17, 15) is 18.8 Å². The number of para-hydroxylation sites is 1. The van der Waals surface area contributed by atoms with Gasteiger partial charge >= 0.3 is 0 Å². The Hall–Kier alpha value is -3.71. The summed E-state index contributed by atoms with van der Waals surface area (Å²) in [5.74, 6) is -1.36. The van der Waals surface area contributed by atoms with Gasteiger partial charge in [0.15, 0.2) is 6.61 Å². The van der Waals surface area contributed by atoms with E-state index in [0.29, 0.717) is 17.2 Å². The molecular weight excluding hydrogens is 459 g/mol. The molecule has 3 aromatic rings. The average Bonchev–Trinajstić information content (AvgIpc) is 3.13. The Kier molecular flexibility index (Phi) is 7.23. The number of hydrogen-bond acceptors (Lipinski definition) is 4. The molecule has 1 unspecified atom stereocenters. The summed E-state index contributed by atoms with van der Waals surface area (Å²) in [5.41, 5.74) is 1.16. The van der Waals surface area contributed by atoms with Crippen molar-refractivity contribution in [1.82, 2.24) is 4.90 Å². The largest absolute Gasteiger partial charge is 0.484 e. The Morgan fingerprint density at radius 2 is 1.76 bits per heavy atom. The second-order valence-corrected chi connectivity index (χ2v) is 8.27. The van der Waals surface area contributed by atoms with Gasteiger partial charge in [0, 0.05) is 11.6 Å². The molecule has 0 saturated carbocycles. The van der Waals surface area contributed by atoms with Crippen molar-refractivity contribution in [2.45, 2.75) is 18.9 Å². The lowest BCUT2D eigenvalue weighted by molar-refractivity contribution is -0.140. The predicted octanol–water partition coefficient (Wildman–Crippen LogP) is 4.26. The van der Waals surface area contributed by atoms with Crippen molar-refractivity contribution in [1.29, 1.82) is 0 Å². The summed E-state index contributed by atoms with van der Waals surface area (Å²) in [7, 11) is 0. The van der Waals surface area contributed by atoms with E-state index in [1.165, 1.54) is 29.2 Å². The number of carbonyl (C=O) groups is 3. The topological polar surface area (TPSA) is 66.9 Å². The van der Waals surface area contributed by atoms with Gasteiger partial charge < -0.3 is 9.64 Å². The molecule has 0 aromatic heterocycles. The Balaban J connectivity index is 1.54. The van der Waals surface area contributed by atoms with Gasteiger partial charge in [0.1, 0.15) is 17.6 Å². The van der Waals surface area contributed by atoms with E-state index in [0.717, 1.165) is 10.5 Å². The van der Waals surface area contributed by atoms with Crippen molar-refractivity contribution in [2.24, 2.45) is 0 Å². The fourth-order valence-electron chi connectivity index (χ4n) is 3.86. The molecule has 0 bridgehead atoms. The van der Waals surface area contributed by atoms with Crippen molar-refractivity contribution in [3.05, 3.63) is 95.3 Å². The van der Waals surface area contributed by atoms with Crippen LogP contribution in [0, 0.1) is 5.82 Å². The zero-order valence-electron chi connectivity index (χ0n) is 18.2. The Morgan fingerprint density at radius 3 is 2.47 bits per heavy atom. The van der Waals surface area contributed by atoms with Gasteiger partial charge in [-0.15, -0.1) is 0 Å². The first-order valence-electron chi connectivity index (χ1n) is 10.8. The molecule has 174 valence electrons. The van der Waals surface area contributed by atoms with Crippen LogP contribution in [-0.4, -0.2) is 41.8 Å². The molecule has 0 aliphatic carbocycles. The van der Waals surface area contributed by atoms with Gasteiger partial charge in [0.2, 0.25) is 5.91 Å². The van der Waals surface area contributed by atoms with Gasteiger partial charge in [-0.1, -0.05) is 41.9 Å². The Labute approximate surface area is 201 Å². The van der Waals surface area contributed by atoms with Crippen molar-refractivity contribution >= 4 is 35.0 Å². The second-order valence-electron chi connectivity index (χ2n) is 7.83. The molecule has 8 heteroatoms. The number of benzene rings is 3. The van der Waals surface area contributed by atoms with E-state index >= 15 is 0 Å². The first-order chi connectivity index (χ1) is 16.4. The van der Waals surface area contributed by atoms with Crippen LogP contribution < -0.4 is 9.64 Å². The molecule has 0 radical (unpaired) electrons. The van der Waals surface area contributed by atoms with Gasteiger partial charge in [0.25, 0.3) is 11.8 Å². The molecule has 1 heterocycles. The summed E-state index contributed by atoms with van der Waals surface area (Å²) in [6, 6.07) is 20.2. The number of ether oxygens (including phenoxy) is 1. The van der Waals surface area contributed by atoms with E-state index in [-0.39, 0.29) is 25.3 Å². The minimum absolute atomic E-state index is 0.164. The first-order valence-corrected chi connectivity index (χ1v) is 11.1. The summed E-state index contributed by atoms with van der Waals surface area (Å²) < 4.78 is 18.9. The number of anilines is 1. The molecule has 6 nitrogen and oxygen atoms in total. The average molecular weight is 481 g/mol. The number of rotatable bonds is 8. The highest BCUT2D eigenvalue weighted by atomic mass is 35.5. The SMILES string of the molecule is O=C1CC(N(CCc2cccc(Cl)c2)C(=O)COc2ccccc2)C(=O)N1c1ccc(F)cc1. The molecule has 0 spiro atoms. The zero-order valence-corrected chi connectivity index (χ0v) is 19.0. The van der Waals surface area contributed by atoms with E-state index in [4.69, 9.17) is 16.3 Å². The number of hydrogen-bond donors (Lipinski definition) is 0. The molecule has 4 rings (SSSR count). The minimum atomic E-state index is -0.983. The van der Waals surface area contributed by atoms with Gasteiger partial charge in [-0.2, -0.15) is 0 Å². The third-order valence-electron chi connectivity index (χ3n) is 5.54. The van der Waals surface area contributed by atoms with Crippen molar-refractivity contribution < 1.29 is 23.5 Å². The van der Waals surface area contributed by atoms with Crippen LogP contribution in [0.2, 0.25) is 5.02 Å². The van der Waals surface area contributed by atoms with Crippen LogP contribution in [0.3, 0.4) is 0 Å². The van der Waals surface area contributed by atoms with Crippen molar-refractivity contribution in [3.63, 3.8) is 0 Å². The number of halogens is 2. The molecule has 1 saturated heterocycles. The highest BCUT2D eigenvalue weighted by molar-refractivity contribution is 6.30. The lowest BCUT2D eigenvalue weighted by Gasteiger charge is -2.28. The molecule has 0 N–H and O–H groups in total. The number of carbonyl (C=O) groups excluding carboxylic acids is 3. The highest BCUT2D eigenvalue weighted by Crippen LogP contribution is 2.26. The molecule has 3 amide bonds. The van der Waals surface area contributed by atoms with E-state index in [1.54, 1.807) is 36.4 Å². The summed E-state index contributed by atoms with van der Waals surface area (Å²) in [6.45, 7) is -0.0909. The summed E-state index contributed by atoms with van der Waals surface area (Å²) in [5, 5.41) is 0.567. The van der Waals surface area contributed by atoms with E-state index in [1.807, 2.05) is 18.2 Å². The third kappa shape index (κ3) is 5.43. The quantitative estimate of drug-likeness (QED) is 0.452. The summed E-state index contributed by atoms with van der Waals surface area (Å²) in [4.78, 5) is 41.5. The van der Waals surface area contributed by atoms with Crippen LogP contribution in [0.25, 0.3) is 0 Å². The standard InChI is InChI=1S/C26H22ClFN2O4/c27-19-6-4-5-18(15-19)13-14-29(25(32)17-34-22-7-2-1-3-8-22)23-16-24(31)30(26(23)33)21-11-9-20(28)10-12-21/h1-12,15,23H,13-14,16-17H2. The molecular formula is C26H22ClFN2O4. The number of nitrogens with zero attached hydrogens (tertiary/aromatic N) is 2. The van der Waals surface area contributed by atoms with E-state index < -0.39 is 29.6 Å². The molecule has 1 fully saturated rings. The first kappa shape index (κ1) is 23.4. The normalized spacial score (nSPS) is 15.5. The van der Waals surface area contributed by atoms with Gasteiger partial charge in [-0.25, -0.2) is 9.29 Å². The van der Waals surface area contributed by atoms with Crippen LogP contribution in [0.1, 0.15) is 12.0 Å². The van der Waals surface area contributed by atoms with Crippen LogP contribution in [-0.2, 0) is 20.8 Å². The number of amides is 3. The molecule has 34 heavy (non-hydrogen) atoms. The lowest BCUT2D eigenvalue weighted by atomic mass is 10.1. The van der Waals surface area contributed by atoms with Gasteiger partial charge in [-0.3, -0.25) is 14.4 Å². The smallest absolute Gasteiger partial charge is 0.261 e. The maximum Gasteiger partial charge on any atom is 0.261 e. The van der Waals surface area contributed by atoms with Crippen molar-refractivity contribution in [3.8, 4) is 5.75 Å². The van der Waals surface area contributed by atoms with Crippen LogP contribution in [0.4, 0.5) is 10.1 Å². The third-order valence-corrected chi connectivity index (χ3v) is 5.78. The maximum atomic E-state index is 13.3. The molecule has 3 aromatic carbocycles. The van der Waals surface area contributed by atoms with E-state index in [2.05, 4.69) is 0 Å². The van der Waals surface area contributed by atoms with Crippen LogP contribution in [0.15, 0.2) is 78.9 Å². The fourth-order valence-corrected chi connectivity index (χ4v) is 4.07. The minimum Gasteiger partial charge on any atom is -0.484 e. The Morgan fingerprint density at radius 1 is 1.03 bits per heavy atom. The summed E-state index contributed by atoms with van der Waals surface area (Å²) in [6.07, 6.45) is 0.273. The predicted molar refractivity (Wildman–Crippen MR) is 126 cm³/mol. The molecule has 1 aliphatic heterocycles. The summed E-state index contributed by atoms with van der Waals surface area (Å²) >= 11 is 6.08. The van der Waals surface area contributed by atoms with Crippen LogP contribution >= 0.6 is 11.6 Å². The zero-order chi connectivity index (χ0) is 24.1. The van der Waals surface area contributed by atoms with Crippen LogP contribution in [0.5, 0.6) is 5.75 Å². The fraction of sp³-hybridized carbons (Fsp3) is 0.192. The molecule has 1 aliphatic rings. The molecule has 1 atom stereocenters. The monoisotopic (exact) mass is 480 g/mol. The lowest BCUT2D eigenvalue weighted by Crippen LogP contribution is -2.48. The van der Waals surface area contributed by atoms with Gasteiger partial charge in [-0.05, 0) is 60.5 Å². The maximum absolute atomic E-state index is 13.3. The second kappa shape index (κ2) is 10.5.